The molecule has 2 rings (SSSR count). The number of hydrogen-bond donors (Lipinski definition) is 2. The number of carbonyl (C=O) groups is 2. The van der Waals surface area contributed by atoms with Crippen molar-refractivity contribution in [3.05, 3.63) is 59.2 Å². The van der Waals surface area contributed by atoms with Crippen LogP contribution in [0, 0.1) is 13.8 Å². The Labute approximate surface area is 124 Å². The fourth-order valence-electron chi connectivity index (χ4n) is 2.03. The van der Waals surface area contributed by atoms with Crippen LogP contribution in [0.15, 0.2) is 42.5 Å². The third-order valence-corrected chi connectivity index (χ3v) is 3.18. The van der Waals surface area contributed by atoms with E-state index in [9.17, 15) is 9.59 Å². The molecule has 2 N–H and O–H groups in total. The van der Waals surface area contributed by atoms with E-state index in [-0.39, 0.29) is 11.8 Å². The second-order valence-corrected chi connectivity index (χ2v) is 5.03. The molecule has 0 aromatic heterocycles. The van der Waals surface area contributed by atoms with Crippen molar-refractivity contribution >= 4 is 23.2 Å². The molecule has 0 saturated heterocycles. The zero-order valence-electron chi connectivity index (χ0n) is 12.4. The highest BCUT2D eigenvalue weighted by molar-refractivity contribution is 6.00. The van der Waals surface area contributed by atoms with Gasteiger partial charge in [0, 0.05) is 16.9 Å². The van der Waals surface area contributed by atoms with Gasteiger partial charge < -0.3 is 10.6 Å². The van der Waals surface area contributed by atoms with Gasteiger partial charge in [0.2, 0.25) is 0 Å². The van der Waals surface area contributed by atoms with E-state index in [4.69, 9.17) is 0 Å². The average Bonchev–Trinajstić information content (AvgIpc) is 2.42. The van der Waals surface area contributed by atoms with Gasteiger partial charge in [-0.15, -0.1) is 0 Å². The SMILES string of the molecule is CC(=O)c1ccc(NC(=O)Nc2ccc(C)cc2C)cc1. The maximum atomic E-state index is 11.9. The van der Waals surface area contributed by atoms with Crippen molar-refractivity contribution in [1.82, 2.24) is 0 Å². The Bertz CT molecular complexity index is 676. The molecule has 0 spiro atoms. The van der Waals surface area contributed by atoms with Crippen molar-refractivity contribution in [2.45, 2.75) is 20.8 Å². The summed E-state index contributed by atoms with van der Waals surface area (Å²) in [5, 5.41) is 5.54. The van der Waals surface area contributed by atoms with Crippen molar-refractivity contribution < 1.29 is 9.59 Å². The van der Waals surface area contributed by atoms with Crippen LogP contribution < -0.4 is 10.6 Å². The lowest BCUT2D eigenvalue weighted by Crippen LogP contribution is -2.20. The first kappa shape index (κ1) is 14.8. The normalized spacial score (nSPS) is 10.0. The van der Waals surface area contributed by atoms with Crippen molar-refractivity contribution in [2.24, 2.45) is 0 Å². The fraction of sp³-hybridized carbons (Fsp3) is 0.176. The number of rotatable bonds is 3. The molecule has 0 heterocycles. The first-order valence-electron chi connectivity index (χ1n) is 6.72. The zero-order valence-corrected chi connectivity index (χ0v) is 12.4. The summed E-state index contributed by atoms with van der Waals surface area (Å²) < 4.78 is 0. The Balaban J connectivity index is 2.02. The summed E-state index contributed by atoms with van der Waals surface area (Å²) in [6, 6.07) is 12.3. The summed E-state index contributed by atoms with van der Waals surface area (Å²) in [7, 11) is 0. The number of aryl methyl sites for hydroxylation is 2. The summed E-state index contributed by atoms with van der Waals surface area (Å²) in [6.07, 6.45) is 0. The third-order valence-electron chi connectivity index (χ3n) is 3.18. The molecule has 0 unspecified atom stereocenters. The van der Waals surface area contributed by atoms with Crippen molar-refractivity contribution in [2.75, 3.05) is 10.6 Å². The number of carbonyl (C=O) groups excluding carboxylic acids is 2. The van der Waals surface area contributed by atoms with Crippen LogP contribution >= 0.6 is 0 Å². The van der Waals surface area contributed by atoms with Gasteiger partial charge in [0.25, 0.3) is 0 Å². The topological polar surface area (TPSA) is 58.2 Å². The van der Waals surface area contributed by atoms with Crippen LogP contribution in [0.5, 0.6) is 0 Å². The van der Waals surface area contributed by atoms with Crippen LogP contribution in [-0.2, 0) is 0 Å². The predicted octanol–water partition coefficient (Wildman–Crippen LogP) is 4.15. The lowest BCUT2D eigenvalue weighted by molar-refractivity contribution is 0.101. The van der Waals surface area contributed by atoms with E-state index in [1.807, 2.05) is 32.0 Å². The van der Waals surface area contributed by atoms with Gasteiger partial charge in [0.15, 0.2) is 5.78 Å². The average molecular weight is 282 g/mol. The molecule has 2 aromatic carbocycles. The van der Waals surface area contributed by atoms with Gasteiger partial charge in [-0.1, -0.05) is 17.7 Å². The highest BCUT2D eigenvalue weighted by Crippen LogP contribution is 2.17. The van der Waals surface area contributed by atoms with Gasteiger partial charge in [-0.3, -0.25) is 4.79 Å². The minimum atomic E-state index is -0.308. The molecule has 0 fully saturated rings. The predicted molar refractivity (Wildman–Crippen MR) is 85.0 cm³/mol. The Hall–Kier alpha value is -2.62. The number of anilines is 2. The second-order valence-electron chi connectivity index (χ2n) is 5.03. The van der Waals surface area contributed by atoms with Gasteiger partial charge >= 0.3 is 6.03 Å². The third kappa shape index (κ3) is 3.92. The molecular weight excluding hydrogens is 264 g/mol. The summed E-state index contributed by atoms with van der Waals surface area (Å²) in [6.45, 7) is 5.47. The first-order valence-corrected chi connectivity index (χ1v) is 6.72. The van der Waals surface area contributed by atoms with E-state index in [0.29, 0.717) is 11.3 Å². The number of Topliss-reactive ketones (excluding diaryl/α,β-unsaturated/α-hetero) is 1. The number of hydrogen-bond acceptors (Lipinski definition) is 2. The Morgan fingerprint density at radius 1 is 0.905 bits per heavy atom. The number of benzene rings is 2. The number of ketones is 1. The lowest BCUT2D eigenvalue weighted by Gasteiger charge is -2.10. The van der Waals surface area contributed by atoms with Gasteiger partial charge in [0.1, 0.15) is 0 Å². The molecule has 0 radical (unpaired) electrons. The molecule has 0 aliphatic carbocycles. The Morgan fingerprint density at radius 3 is 2.14 bits per heavy atom. The van der Waals surface area contributed by atoms with E-state index in [0.717, 1.165) is 16.8 Å². The van der Waals surface area contributed by atoms with Crippen LogP contribution in [0.2, 0.25) is 0 Å². The minimum absolute atomic E-state index is 0.00119. The van der Waals surface area contributed by atoms with E-state index in [1.165, 1.54) is 6.92 Å². The quantitative estimate of drug-likeness (QED) is 0.831. The molecule has 0 aliphatic rings. The van der Waals surface area contributed by atoms with Crippen LogP contribution in [-0.4, -0.2) is 11.8 Å². The van der Waals surface area contributed by atoms with Crippen molar-refractivity contribution in [1.29, 1.82) is 0 Å². The summed E-state index contributed by atoms with van der Waals surface area (Å²) >= 11 is 0. The Kier molecular flexibility index (Phi) is 4.38. The van der Waals surface area contributed by atoms with E-state index in [2.05, 4.69) is 10.6 Å². The smallest absolute Gasteiger partial charge is 0.308 e. The van der Waals surface area contributed by atoms with Crippen molar-refractivity contribution in [3.8, 4) is 0 Å². The molecule has 0 aliphatic heterocycles. The van der Waals surface area contributed by atoms with Crippen LogP contribution in [0.1, 0.15) is 28.4 Å². The number of amides is 2. The van der Waals surface area contributed by atoms with Gasteiger partial charge in [-0.25, -0.2) is 4.79 Å². The van der Waals surface area contributed by atoms with E-state index < -0.39 is 0 Å². The van der Waals surface area contributed by atoms with Gasteiger partial charge in [-0.2, -0.15) is 0 Å². The van der Waals surface area contributed by atoms with Crippen LogP contribution in [0.3, 0.4) is 0 Å². The summed E-state index contributed by atoms with van der Waals surface area (Å²) in [5.74, 6) is 0.00119. The second kappa shape index (κ2) is 6.22. The molecule has 21 heavy (non-hydrogen) atoms. The fourth-order valence-corrected chi connectivity index (χ4v) is 2.03. The first-order chi connectivity index (χ1) is 9.95. The van der Waals surface area contributed by atoms with Gasteiger partial charge in [-0.05, 0) is 56.7 Å². The van der Waals surface area contributed by atoms with E-state index >= 15 is 0 Å². The highest BCUT2D eigenvalue weighted by atomic mass is 16.2. The molecule has 2 aromatic rings. The highest BCUT2D eigenvalue weighted by Gasteiger charge is 2.05. The van der Waals surface area contributed by atoms with Crippen molar-refractivity contribution in [3.63, 3.8) is 0 Å². The number of urea groups is 1. The monoisotopic (exact) mass is 282 g/mol. The minimum Gasteiger partial charge on any atom is -0.308 e. The summed E-state index contributed by atoms with van der Waals surface area (Å²) in [4.78, 5) is 23.1. The van der Waals surface area contributed by atoms with Gasteiger partial charge in [0.05, 0.1) is 0 Å². The molecule has 108 valence electrons. The molecule has 2 amide bonds. The standard InChI is InChI=1S/C17H18N2O2/c1-11-4-9-16(12(2)10-11)19-17(21)18-15-7-5-14(6-8-15)13(3)20/h4-10H,1-3H3,(H2,18,19,21). The summed E-state index contributed by atoms with van der Waals surface area (Å²) in [5.41, 5.74) is 4.20. The molecule has 4 heteroatoms. The van der Waals surface area contributed by atoms with Crippen LogP contribution in [0.4, 0.5) is 16.2 Å². The number of nitrogens with one attached hydrogen (secondary N) is 2. The molecular formula is C17H18N2O2. The lowest BCUT2D eigenvalue weighted by atomic mass is 10.1. The van der Waals surface area contributed by atoms with E-state index in [1.54, 1.807) is 24.3 Å². The molecule has 0 bridgehead atoms. The van der Waals surface area contributed by atoms with Crippen LogP contribution in [0.25, 0.3) is 0 Å². The molecule has 0 atom stereocenters. The largest absolute Gasteiger partial charge is 0.323 e. The zero-order chi connectivity index (χ0) is 15.4. The molecule has 0 saturated carbocycles. The maximum absolute atomic E-state index is 11.9. The Morgan fingerprint density at radius 2 is 1.57 bits per heavy atom. The maximum Gasteiger partial charge on any atom is 0.323 e. The molecule has 4 nitrogen and oxygen atoms in total.